The standard InChI is InChI=1S/C20H20N4O/c1-2-25-18-10-6-4-8-16(18)22-19-11-13-21-20(23-19)24-14-12-15-7-3-5-9-17(15)24/h3-11,13H,2,12,14H2,1H3,(H,21,22,23). The summed E-state index contributed by atoms with van der Waals surface area (Å²) in [6.45, 7) is 3.50. The van der Waals surface area contributed by atoms with Gasteiger partial charge in [0, 0.05) is 18.4 Å². The highest BCUT2D eigenvalue weighted by molar-refractivity contribution is 5.68. The van der Waals surface area contributed by atoms with Crippen LogP contribution in [0.1, 0.15) is 12.5 Å². The third kappa shape index (κ3) is 3.13. The van der Waals surface area contributed by atoms with Crippen molar-refractivity contribution < 1.29 is 4.74 Å². The maximum atomic E-state index is 5.67. The summed E-state index contributed by atoms with van der Waals surface area (Å²) in [4.78, 5) is 11.3. The molecule has 126 valence electrons. The Kier molecular flexibility index (Phi) is 4.21. The first-order valence-corrected chi connectivity index (χ1v) is 8.52. The lowest BCUT2D eigenvalue weighted by Gasteiger charge is -2.18. The van der Waals surface area contributed by atoms with Gasteiger partial charge in [-0.15, -0.1) is 0 Å². The number of anilines is 4. The molecule has 1 aromatic heterocycles. The van der Waals surface area contributed by atoms with Crippen LogP contribution < -0.4 is 15.0 Å². The molecule has 0 aliphatic carbocycles. The first kappa shape index (κ1) is 15.4. The zero-order chi connectivity index (χ0) is 17.1. The van der Waals surface area contributed by atoms with Crippen molar-refractivity contribution in [3.8, 4) is 5.75 Å². The molecule has 5 nitrogen and oxygen atoms in total. The van der Waals surface area contributed by atoms with Crippen LogP contribution in [0.4, 0.5) is 23.1 Å². The van der Waals surface area contributed by atoms with Crippen molar-refractivity contribution in [2.24, 2.45) is 0 Å². The van der Waals surface area contributed by atoms with Crippen LogP contribution in [0.5, 0.6) is 5.75 Å². The first-order chi connectivity index (χ1) is 12.3. The summed E-state index contributed by atoms with van der Waals surface area (Å²) >= 11 is 0. The van der Waals surface area contributed by atoms with Crippen LogP contribution in [0, 0.1) is 0 Å². The molecule has 1 N–H and O–H groups in total. The van der Waals surface area contributed by atoms with Gasteiger partial charge in [0.25, 0.3) is 0 Å². The van der Waals surface area contributed by atoms with Crippen LogP contribution in [-0.2, 0) is 6.42 Å². The predicted molar refractivity (Wildman–Crippen MR) is 100 cm³/mol. The fourth-order valence-corrected chi connectivity index (χ4v) is 3.08. The summed E-state index contributed by atoms with van der Waals surface area (Å²) in [5.74, 6) is 2.28. The molecular weight excluding hydrogens is 312 g/mol. The zero-order valence-corrected chi connectivity index (χ0v) is 14.1. The van der Waals surface area contributed by atoms with Gasteiger partial charge in [0.2, 0.25) is 5.95 Å². The first-order valence-electron chi connectivity index (χ1n) is 8.52. The van der Waals surface area contributed by atoms with Crippen molar-refractivity contribution in [1.29, 1.82) is 0 Å². The van der Waals surface area contributed by atoms with E-state index in [-0.39, 0.29) is 0 Å². The van der Waals surface area contributed by atoms with Crippen molar-refractivity contribution in [1.82, 2.24) is 9.97 Å². The highest BCUT2D eigenvalue weighted by Gasteiger charge is 2.21. The Hall–Kier alpha value is -3.08. The number of nitrogens with zero attached hydrogens (tertiary/aromatic N) is 3. The van der Waals surface area contributed by atoms with Crippen molar-refractivity contribution in [2.45, 2.75) is 13.3 Å². The van der Waals surface area contributed by atoms with Gasteiger partial charge in [-0.3, -0.25) is 0 Å². The van der Waals surface area contributed by atoms with E-state index in [0.29, 0.717) is 12.6 Å². The summed E-state index contributed by atoms with van der Waals surface area (Å²) in [5.41, 5.74) is 3.43. The number of ether oxygens (including phenoxy) is 1. The highest BCUT2D eigenvalue weighted by atomic mass is 16.5. The van der Waals surface area contributed by atoms with Crippen LogP contribution in [0.25, 0.3) is 0 Å². The number of nitrogens with one attached hydrogen (secondary N) is 1. The number of fused-ring (bicyclic) bond motifs is 1. The summed E-state index contributed by atoms with van der Waals surface area (Å²) < 4.78 is 5.67. The molecule has 4 rings (SSSR count). The molecule has 0 saturated carbocycles. The average molecular weight is 332 g/mol. The second-order valence-electron chi connectivity index (χ2n) is 5.83. The molecule has 3 aromatic rings. The van der Waals surface area contributed by atoms with E-state index < -0.39 is 0 Å². The third-order valence-electron chi connectivity index (χ3n) is 4.22. The van der Waals surface area contributed by atoms with Gasteiger partial charge in [-0.1, -0.05) is 30.3 Å². The molecule has 0 saturated heterocycles. The number of aromatic nitrogens is 2. The molecule has 25 heavy (non-hydrogen) atoms. The summed E-state index contributed by atoms with van der Waals surface area (Å²) in [6.07, 6.45) is 2.80. The fraction of sp³-hybridized carbons (Fsp3) is 0.200. The van der Waals surface area contributed by atoms with E-state index in [0.717, 1.165) is 30.2 Å². The van der Waals surface area contributed by atoms with E-state index in [1.54, 1.807) is 6.20 Å². The molecule has 0 radical (unpaired) electrons. The molecule has 0 atom stereocenters. The average Bonchev–Trinajstić information content (AvgIpc) is 3.08. The van der Waals surface area contributed by atoms with Gasteiger partial charge in [-0.25, -0.2) is 4.98 Å². The molecule has 1 aliphatic heterocycles. The van der Waals surface area contributed by atoms with Gasteiger partial charge in [0.1, 0.15) is 11.6 Å². The molecule has 0 fully saturated rings. The minimum atomic E-state index is 0.623. The molecule has 0 unspecified atom stereocenters. The second-order valence-corrected chi connectivity index (χ2v) is 5.83. The Morgan fingerprint density at radius 2 is 1.92 bits per heavy atom. The molecule has 1 aliphatic rings. The monoisotopic (exact) mass is 332 g/mol. The minimum Gasteiger partial charge on any atom is -0.492 e. The maximum absolute atomic E-state index is 5.67. The van der Waals surface area contributed by atoms with Crippen molar-refractivity contribution in [2.75, 3.05) is 23.4 Å². The Morgan fingerprint density at radius 3 is 2.84 bits per heavy atom. The van der Waals surface area contributed by atoms with E-state index in [1.807, 2.05) is 37.3 Å². The zero-order valence-electron chi connectivity index (χ0n) is 14.1. The number of para-hydroxylation sites is 3. The lowest BCUT2D eigenvalue weighted by Crippen LogP contribution is -2.16. The van der Waals surface area contributed by atoms with Crippen molar-refractivity contribution in [3.05, 3.63) is 66.4 Å². The Bertz CT molecular complexity index is 881. The molecule has 0 amide bonds. The molecular formula is C20H20N4O. The van der Waals surface area contributed by atoms with E-state index >= 15 is 0 Å². The van der Waals surface area contributed by atoms with Crippen LogP contribution in [0.3, 0.4) is 0 Å². The highest BCUT2D eigenvalue weighted by Crippen LogP contribution is 2.33. The lowest BCUT2D eigenvalue weighted by molar-refractivity contribution is 0.342. The largest absolute Gasteiger partial charge is 0.492 e. The smallest absolute Gasteiger partial charge is 0.231 e. The molecule has 2 aromatic carbocycles. The van der Waals surface area contributed by atoms with Crippen LogP contribution in [0.15, 0.2) is 60.8 Å². The van der Waals surface area contributed by atoms with Gasteiger partial charge < -0.3 is 15.0 Å². The van der Waals surface area contributed by atoms with Crippen molar-refractivity contribution in [3.63, 3.8) is 0 Å². The summed E-state index contributed by atoms with van der Waals surface area (Å²) in [7, 11) is 0. The molecule has 2 heterocycles. The Balaban J connectivity index is 1.61. The second kappa shape index (κ2) is 6.81. The normalized spacial score (nSPS) is 12.8. The predicted octanol–water partition coefficient (Wildman–Crippen LogP) is 4.31. The number of hydrogen-bond donors (Lipinski definition) is 1. The maximum Gasteiger partial charge on any atom is 0.231 e. The van der Waals surface area contributed by atoms with Crippen LogP contribution in [-0.4, -0.2) is 23.1 Å². The van der Waals surface area contributed by atoms with E-state index in [4.69, 9.17) is 9.72 Å². The van der Waals surface area contributed by atoms with Gasteiger partial charge in [0.05, 0.1) is 12.3 Å². The van der Waals surface area contributed by atoms with E-state index in [9.17, 15) is 0 Å². The third-order valence-corrected chi connectivity index (χ3v) is 4.22. The lowest BCUT2D eigenvalue weighted by atomic mass is 10.2. The van der Waals surface area contributed by atoms with Crippen molar-refractivity contribution >= 4 is 23.1 Å². The quantitative estimate of drug-likeness (QED) is 0.754. The number of hydrogen-bond acceptors (Lipinski definition) is 5. The molecule has 0 bridgehead atoms. The molecule has 0 spiro atoms. The van der Waals surface area contributed by atoms with E-state index in [2.05, 4.69) is 39.5 Å². The SMILES string of the molecule is CCOc1ccccc1Nc1ccnc(N2CCc3ccccc32)n1. The topological polar surface area (TPSA) is 50.3 Å². The van der Waals surface area contributed by atoms with Crippen LogP contribution in [0.2, 0.25) is 0 Å². The van der Waals surface area contributed by atoms with Gasteiger partial charge >= 0.3 is 0 Å². The summed E-state index contributed by atoms with van der Waals surface area (Å²) in [6, 6.07) is 18.2. The molecule has 5 heteroatoms. The van der Waals surface area contributed by atoms with Gasteiger partial charge in [-0.2, -0.15) is 4.98 Å². The Morgan fingerprint density at radius 1 is 1.08 bits per heavy atom. The number of benzene rings is 2. The Labute approximate surface area is 147 Å². The fourth-order valence-electron chi connectivity index (χ4n) is 3.08. The summed E-state index contributed by atoms with van der Waals surface area (Å²) in [5, 5.41) is 3.34. The van der Waals surface area contributed by atoms with Gasteiger partial charge in [0.15, 0.2) is 0 Å². The van der Waals surface area contributed by atoms with E-state index in [1.165, 1.54) is 11.3 Å². The van der Waals surface area contributed by atoms with Crippen LogP contribution >= 0.6 is 0 Å². The minimum absolute atomic E-state index is 0.623. The van der Waals surface area contributed by atoms with Gasteiger partial charge in [-0.05, 0) is 43.2 Å². The number of rotatable bonds is 5.